The van der Waals surface area contributed by atoms with Gasteiger partial charge >= 0.3 is 45.1 Å². The Hall–Kier alpha value is -9.57. The highest BCUT2D eigenvalue weighted by Gasteiger charge is 2.53. The number of carbonyl (C=O) groups excluding carboxylic acids is 2. The largest absolute Gasteiger partial charge is 0.438 e. The average Bonchev–Trinajstić information content (AvgIpc) is 1.63. The van der Waals surface area contributed by atoms with E-state index in [1.807, 2.05) is 46.4 Å². The summed E-state index contributed by atoms with van der Waals surface area (Å²) in [5.41, 5.74) is -3.05. The van der Waals surface area contributed by atoms with Crippen LogP contribution in [-0.2, 0) is 33.2 Å². The minimum absolute atomic E-state index is 0.0000275. The fraction of sp³-hybridized carbons (Fsp3) is 0.368. The lowest BCUT2D eigenvalue weighted by Crippen LogP contribution is -2.46. The van der Waals surface area contributed by atoms with E-state index in [9.17, 15) is 98.7 Å². The lowest BCUT2D eigenvalue weighted by molar-refractivity contribution is -0.184. The van der Waals surface area contributed by atoms with E-state index < -0.39 is 187 Å². The molecule has 4 aromatic carbocycles. The molecule has 40 nitrogen and oxygen atoms in total. The molecule has 4 fully saturated rings. The molecule has 4 saturated heterocycles. The van der Waals surface area contributed by atoms with E-state index in [1.54, 1.807) is 71.5 Å². The van der Waals surface area contributed by atoms with Crippen LogP contribution in [0.1, 0.15) is 45.7 Å². The van der Waals surface area contributed by atoms with Gasteiger partial charge < -0.3 is 94.5 Å². The summed E-state index contributed by atoms with van der Waals surface area (Å²) in [6, 6.07) is 33.1. The lowest BCUT2D eigenvalue weighted by atomic mass is 10.1. The predicted molar refractivity (Wildman–Crippen MR) is 409 cm³/mol. The second-order valence-corrected chi connectivity index (χ2v) is 31.4. The van der Waals surface area contributed by atoms with E-state index in [0.717, 1.165) is 86.7 Å². The number of carbonyl (C=O) groups is 2. The van der Waals surface area contributed by atoms with E-state index in [1.165, 1.54) is 34.5 Å². The summed E-state index contributed by atoms with van der Waals surface area (Å²) in [7, 11) is 3.14. The molecule has 17 atom stereocenters. The number of rotatable bonds is 16. The van der Waals surface area contributed by atoms with Crippen LogP contribution in [0.25, 0.3) is 10.2 Å². The first-order chi connectivity index (χ1) is 53.8. The topological polar surface area (TPSA) is 589 Å². The van der Waals surface area contributed by atoms with Gasteiger partial charge in [0.2, 0.25) is 0 Å². The van der Waals surface area contributed by atoms with Crippen LogP contribution in [0, 0.1) is 0 Å². The molecule has 1 unspecified atom stereocenters. The van der Waals surface area contributed by atoms with Gasteiger partial charge in [0.25, 0.3) is 22.2 Å². The summed E-state index contributed by atoms with van der Waals surface area (Å²) in [6.07, 6.45) is -16.6. The van der Waals surface area contributed by atoms with Crippen molar-refractivity contribution in [3.8, 4) is 0 Å². The van der Waals surface area contributed by atoms with Crippen LogP contribution >= 0.6 is 57.3 Å². The van der Waals surface area contributed by atoms with Gasteiger partial charge in [-0.2, -0.15) is 0 Å². The minimum atomic E-state index is -1.91. The van der Waals surface area contributed by atoms with Gasteiger partial charge in [-0.25, -0.2) is 28.8 Å². The van der Waals surface area contributed by atoms with Crippen molar-refractivity contribution in [1.29, 1.82) is 0 Å². The molecule has 113 heavy (non-hydrogen) atoms. The monoisotopic (exact) mass is 1670 g/mol. The summed E-state index contributed by atoms with van der Waals surface area (Å²) >= 11 is 6.44. The fourth-order valence-electron chi connectivity index (χ4n) is 11.3. The number of para-hydroxylation sites is 4. The number of aromatic amines is 5. The van der Waals surface area contributed by atoms with Gasteiger partial charge in [-0.1, -0.05) is 102 Å². The Kier molecular flexibility index (Phi) is 28.9. The van der Waals surface area contributed by atoms with Crippen molar-refractivity contribution in [2.75, 3.05) is 42.4 Å². The number of hydrogen-bond donors (Lipinski definition) is 19. The number of H-pyrrole nitrogens is 5. The quantitative estimate of drug-likeness (QED) is 0.0325. The Balaban J connectivity index is 0.000000155. The predicted octanol–water partition coefficient (Wildman–Crippen LogP) is -0.632. The SMILES string of the molecule is CC(C)(C)SSc1ccccc1NC(=O)O[C@@H]1[C@H](O)[C@@H](CO)O[C@H]1n1ccc(=O)[nH]c1=O.O=C(Nc1ccccc1S)O[C@@H]1[C@H](O)[C@@H](CO)O[C@H]1n1ccc(=O)[nH]c1=O.O=c1[nH]c2ccccc2s1.O=c1ccn([C@@H]2O[C@H](CO)[C@@H](O)[C@H]2O)c(=O)[nH]1.O=c1ccn([C@@H]2O[C@H](CO)[C@@H](O)[C@H]2OC2(O)Nc3ccccc3S2)c(=O)[nH]1. The van der Waals surface area contributed by atoms with Crippen molar-refractivity contribution < 1.29 is 93.8 Å². The van der Waals surface area contributed by atoms with E-state index in [-0.39, 0.29) is 9.62 Å². The zero-order valence-corrected chi connectivity index (χ0v) is 63.3. The molecule has 45 heteroatoms. The standard InChI is InChI=1S/C20H25N3O7S2.2C16H17N3O7S.C9H12N2O6.C7H5NOS/c1-20(2,3)32-31-13-7-5-4-6-11(13)21-19(28)30-16-15(26)12(10-24)29-17(16)23-9-8-14(25)22-18(23)27;20-7-9-12(22)13(14(25-9)19-6-5-11(21)17-15(19)23)26-16(24)18-8-3-1-2-4-10(8)27-16;20-7-9-12(22)13(14(25-9)19-6-5-11(21)18-15(19)23)26-16(24)17-8-3-1-2-4-10(8)27;12-3-4-6(14)7(15)8(17-4)11-2-1-5(13)10-9(11)16;9-7-8-5-3-1-2-4-6(5)10-7/h4-9,12,15-17,24,26H,10H2,1-3H3,(H,21,28)(H,22,25,27);1-6,9,12-14,18,20,22,24H,7H2,(H,17,21,23);1-6,9,12-14,20,22,27H,7H2,(H,17,24)(H,18,21,23);1-2,4,6-8,12,14-15H,3H2,(H,10,13,16);1-4H,(H,8,9)/t12-,15-,16-,17-;9-,12-,13-,14-,16?;9-,12-,13-,14-;4-,6-,7-,8-;/m1111./s1. The van der Waals surface area contributed by atoms with E-state index in [2.05, 4.69) is 64.3 Å². The Bertz CT molecular complexity index is 5300. The molecule has 0 saturated carbocycles. The molecule has 0 bridgehead atoms. The minimum Gasteiger partial charge on any atom is -0.438 e. The molecule has 2 amide bonds. The van der Waals surface area contributed by atoms with Crippen molar-refractivity contribution in [1.82, 2.24) is 43.2 Å². The molecule has 5 aliphatic rings. The van der Waals surface area contributed by atoms with Crippen molar-refractivity contribution in [2.45, 2.75) is 144 Å². The summed E-state index contributed by atoms with van der Waals surface area (Å²) in [6.45, 7) is 4.12. The van der Waals surface area contributed by atoms with Gasteiger partial charge in [0, 0.05) is 68.5 Å². The number of aliphatic hydroxyl groups excluding tert-OH is 9. The number of fused-ring (bicyclic) bond motifs is 2. The molecular formula is C68H76N12O28S5. The fourth-order valence-corrected chi connectivity index (χ4v) is 15.4. The molecule has 0 radical (unpaired) electrons. The first-order valence-corrected chi connectivity index (χ1v) is 38.0. The second kappa shape index (κ2) is 38.0. The van der Waals surface area contributed by atoms with Crippen molar-refractivity contribution in [3.63, 3.8) is 0 Å². The van der Waals surface area contributed by atoms with Gasteiger partial charge in [-0.05, 0) is 60.3 Å². The molecule has 0 aliphatic carbocycles. The van der Waals surface area contributed by atoms with Gasteiger partial charge in [-0.3, -0.25) is 72.8 Å². The highest BCUT2D eigenvalue weighted by molar-refractivity contribution is 8.77. The van der Waals surface area contributed by atoms with Crippen LogP contribution in [0.4, 0.5) is 26.7 Å². The summed E-state index contributed by atoms with van der Waals surface area (Å²) < 4.78 is 42.9. The molecule has 0 spiro atoms. The molecule has 606 valence electrons. The highest BCUT2D eigenvalue weighted by Crippen LogP contribution is 2.48. The smallest absolute Gasteiger partial charge is 0.412 e. The van der Waals surface area contributed by atoms with E-state index in [4.69, 9.17) is 38.3 Å². The van der Waals surface area contributed by atoms with Crippen LogP contribution in [0.15, 0.2) is 204 Å². The second-order valence-electron chi connectivity index (χ2n) is 25.7. The number of ether oxygens (including phenoxy) is 7. The Morgan fingerprint density at radius 3 is 1.35 bits per heavy atom. The highest BCUT2D eigenvalue weighted by atomic mass is 33.1. The number of aliphatic hydroxyl groups is 10. The molecule has 10 heterocycles. The van der Waals surface area contributed by atoms with E-state index >= 15 is 0 Å². The number of nitrogens with zero attached hydrogens (tertiary/aromatic N) is 4. The number of amides is 2. The molecule has 18 N–H and O–H groups in total. The van der Waals surface area contributed by atoms with Gasteiger partial charge in [0.05, 0.1) is 53.7 Å². The molecule has 14 rings (SSSR count). The van der Waals surface area contributed by atoms with Crippen molar-refractivity contribution >= 4 is 96.8 Å². The Morgan fingerprint density at radius 2 is 0.903 bits per heavy atom. The normalized spacial score (nSPS) is 26.0. The van der Waals surface area contributed by atoms with Crippen molar-refractivity contribution in [3.05, 3.63) is 239 Å². The maximum atomic E-state index is 12.7. The summed E-state index contributed by atoms with van der Waals surface area (Å²) in [5.74, 6) is 0. The number of aromatic nitrogens is 9. The van der Waals surface area contributed by atoms with E-state index in [0.29, 0.717) is 22.0 Å². The Labute approximate surface area is 655 Å². The third kappa shape index (κ3) is 21.5. The van der Waals surface area contributed by atoms with Crippen LogP contribution in [0.3, 0.4) is 0 Å². The molecule has 5 aliphatic heterocycles. The Morgan fingerprint density at radius 1 is 0.504 bits per heavy atom. The molecule has 9 aromatic rings. The molecule has 5 aromatic heterocycles. The van der Waals surface area contributed by atoms with Crippen LogP contribution < -0.4 is 65.8 Å². The number of thioether (sulfide) groups is 1. The van der Waals surface area contributed by atoms with Crippen LogP contribution in [0.5, 0.6) is 0 Å². The number of thiazole rings is 1. The van der Waals surface area contributed by atoms with Crippen LogP contribution in [0.2, 0.25) is 0 Å². The van der Waals surface area contributed by atoms with Crippen LogP contribution in [-0.4, -0.2) is 216 Å². The maximum absolute atomic E-state index is 12.7. The zero-order chi connectivity index (χ0) is 81.8. The first kappa shape index (κ1) is 85.8. The number of anilines is 3. The van der Waals surface area contributed by atoms with Gasteiger partial charge in [-0.15, -0.1) is 12.6 Å². The molecular weight excluding hydrogens is 1590 g/mol. The first-order valence-electron chi connectivity index (χ1n) is 33.7. The average molecular weight is 1670 g/mol. The lowest BCUT2D eigenvalue weighted by Gasteiger charge is -2.30. The number of nitrogens with one attached hydrogen (secondary N) is 8. The number of benzene rings is 4. The third-order valence-corrected chi connectivity index (χ3v) is 22.4. The van der Waals surface area contributed by atoms with Crippen molar-refractivity contribution in [2.24, 2.45) is 0 Å². The third-order valence-electron chi connectivity index (χ3n) is 16.7. The summed E-state index contributed by atoms with van der Waals surface area (Å²) in [4.78, 5) is 141. The maximum Gasteiger partial charge on any atom is 0.412 e. The number of thiol groups is 1. The summed E-state index contributed by atoms with van der Waals surface area (Å²) in [5, 5.41) is 104. The zero-order valence-electron chi connectivity index (χ0n) is 59.1. The number of hydrogen-bond acceptors (Lipinski definition) is 34. The van der Waals surface area contributed by atoms with Gasteiger partial charge in [0.15, 0.2) is 37.1 Å². The van der Waals surface area contributed by atoms with Gasteiger partial charge in [0.1, 0.15) is 61.0 Å².